The van der Waals surface area contributed by atoms with E-state index in [4.69, 9.17) is 5.41 Å². The van der Waals surface area contributed by atoms with Gasteiger partial charge in [0, 0.05) is 31.6 Å². The predicted octanol–water partition coefficient (Wildman–Crippen LogP) is 3.71. The summed E-state index contributed by atoms with van der Waals surface area (Å²) in [5.74, 6) is -2.75. The first kappa shape index (κ1) is 30.4. The number of aliphatic imine (C=N–C) groups is 1. The van der Waals surface area contributed by atoms with E-state index in [1.54, 1.807) is 23.1 Å². The third-order valence-corrected chi connectivity index (χ3v) is 8.10. The van der Waals surface area contributed by atoms with Gasteiger partial charge in [-0.3, -0.25) is 14.3 Å². The number of nitrogens with zero attached hydrogens (tertiary/aromatic N) is 4. The van der Waals surface area contributed by atoms with Crippen LogP contribution < -0.4 is 10.6 Å². The maximum atomic E-state index is 13.2. The monoisotopic (exact) mass is 578 g/mol. The number of nitrogens with one attached hydrogen (secondary N) is 4. The first-order chi connectivity index (χ1) is 19.5. The van der Waals surface area contributed by atoms with Gasteiger partial charge in [0.05, 0.1) is 41.9 Å². The molecule has 1 saturated carbocycles. The third-order valence-electron chi connectivity index (χ3n) is 8.10. The molecule has 4 rings (SSSR count). The zero-order valence-corrected chi connectivity index (χ0v) is 23.2. The normalized spacial score (nSPS) is 24.5. The number of halogens is 3. The second kappa shape index (κ2) is 13.0. The molecule has 0 unspecified atom stereocenters. The standard InChI is InChI=1S/C27H37F3N8O3/c1-3-38-22(8-9-34-38)25(41)37-23(16-6-4-15(2)5-7-16)20-13-33-26(35-20)36-21(14-39)19(31)11-17-10-18(27(28,29)30)12-32-24(17)40/h8-9,13,15-18,23,31,39H,3-7,10-12,14H2,1-2H3,(H,32,40)(H,33,35)(H,37,41)/b31-19?,36-21-/t15?,16?,17-,18-,23+/m1/s1. The fourth-order valence-electron chi connectivity index (χ4n) is 5.62. The summed E-state index contributed by atoms with van der Waals surface area (Å²) in [7, 11) is 0. The Bertz CT molecular complexity index is 1260. The van der Waals surface area contributed by atoms with Crippen LogP contribution in [0.25, 0.3) is 0 Å². The van der Waals surface area contributed by atoms with E-state index in [0.29, 0.717) is 23.9 Å². The van der Waals surface area contributed by atoms with Crippen molar-refractivity contribution in [1.29, 1.82) is 5.41 Å². The number of amides is 2. The number of aryl methyl sites for hydroxylation is 1. The molecule has 0 bridgehead atoms. The second-order valence-electron chi connectivity index (χ2n) is 11.0. The Kier molecular flexibility index (Phi) is 9.61. The third kappa shape index (κ3) is 7.40. The molecule has 2 aromatic rings. The van der Waals surface area contributed by atoms with Crippen LogP contribution in [0.4, 0.5) is 19.1 Å². The lowest BCUT2D eigenvalue weighted by Crippen LogP contribution is -2.47. The molecule has 2 fully saturated rings. The number of hydrogen-bond donors (Lipinski definition) is 5. The fraction of sp³-hybridized carbons (Fsp3) is 0.630. The average molecular weight is 579 g/mol. The zero-order chi connectivity index (χ0) is 29.7. The minimum atomic E-state index is -4.45. The first-order valence-electron chi connectivity index (χ1n) is 14.0. The summed E-state index contributed by atoms with van der Waals surface area (Å²) in [6.07, 6.45) is 1.82. The molecule has 2 amide bonds. The van der Waals surface area contributed by atoms with Gasteiger partial charge < -0.3 is 26.1 Å². The van der Waals surface area contributed by atoms with Crippen LogP contribution in [0.2, 0.25) is 0 Å². The van der Waals surface area contributed by atoms with Crippen LogP contribution in [0.1, 0.15) is 74.6 Å². The number of aliphatic hydroxyl groups is 1. The molecule has 1 aliphatic carbocycles. The lowest BCUT2D eigenvalue weighted by atomic mass is 9.78. The van der Waals surface area contributed by atoms with E-state index >= 15 is 0 Å². The van der Waals surface area contributed by atoms with Crippen molar-refractivity contribution in [3.63, 3.8) is 0 Å². The number of aromatic amines is 1. The highest BCUT2D eigenvalue weighted by atomic mass is 19.4. The fourth-order valence-corrected chi connectivity index (χ4v) is 5.62. The smallest absolute Gasteiger partial charge is 0.390 e. The number of aromatic nitrogens is 4. The zero-order valence-electron chi connectivity index (χ0n) is 23.2. The van der Waals surface area contributed by atoms with E-state index in [1.807, 2.05) is 6.92 Å². The summed E-state index contributed by atoms with van der Waals surface area (Å²) in [4.78, 5) is 37.0. The molecule has 5 N–H and O–H groups in total. The summed E-state index contributed by atoms with van der Waals surface area (Å²) < 4.78 is 41.2. The van der Waals surface area contributed by atoms with Crippen molar-refractivity contribution < 1.29 is 27.9 Å². The quantitative estimate of drug-likeness (QED) is 0.271. The van der Waals surface area contributed by atoms with E-state index in [1.165, 1.54) is 0 Å². The van der Waals surface area contributed by atoms with Crippen LogP contribution in [-0.4, -0.2) is 67.4 Å². The molecule has 224 valence electrons. The Morgan fingerprint density at radius 3 is 2.71 bits per heavy atom. The number of carbonyl (C=O) groups is 2. The Hall–Kier alpha value is -3.55. The summed E-state index contributed by atoms with van der Waals surface area (Å²) >= 11 is 0. The molecule has 0 aromatic carbocycles. The van der Waals surface area contributed by atoms with Gasteiger partial charge in [0.2, 0.25) is 11.9 Å². The van der Waals surface area contributed by atoms with Gasteiger partial charge in [-0.1, -0.05) is 19.8 Å². The molecule has 1 saturated heterocycles. The van der Waals surface area contributed by atoms with Crippen LogP contribution >= 0.6 is 0 Å². The van der Waals surface area contributed by atoms with Crippen LogP contribution in [0, 0.1) is 29.1 Å². The van der Waals surface area contributed by atoms with E-state index in [0.717, 1.165) is 25.7 Å². The van der Waals surface area contributed by atoms with Gasteiger partial charge in [-0.2, -0.15) is 18.3 Å². The number of H-pyrrole nitrogens is 1. The van der Waals surface area contributed by atoms with E-state index in [2.05, 4.69) is 37.6 Å². The lowest BCUT2D eigenvalue weighted by molar-refractivity contribution is -0.183. The summed E-state index contributed by atoms with van der Waals surface area (Å²) in [5, 5.41) is 27.8. The maximum absolute atomic E-state index is 13.2. The van der Waals surface area contributed by atoms with E-state index in [-0.39, 0.29) is 35.6 Å². The summed E-state index contributed by atoms with van der Waals surface area (Å²) in [6.45, 7) is 3.50. The van der Waals surface area contributed by atoms with Gasteiger partial charge in [-0.25, -0.2) is 9.98 Å². The van der Waals surface area contributed by atoms with Crippen LogP contribution in [0.3, 0.4) is 0 Å². The minimum Gasteiger partial charge on any atom is -0.390 e. The Labute approximate surface area is 235 Å². The number of rotatable bonds is 10. The van der Waals surface area contributed by atoms with Gasteiger partial charge >= 0.3 is 6.18 Å². The molecule has 1 aliphatic heterocycles. The van der Waals surface area contributed by atoms with Crippen molar-refractivity contribution in [3.8, 4) is 0 Å². The molecule has 41 heavy (non-hydrogen) atoms. The largest absolute Gasteiger partial charge is 0.393 e. The predicted molar refractivity (Wildman–Crippen MR) is 145 cm³/mol. The number of piperidine rings is 1. The summed E-state index contributed by atoms with van der Waals surface area (Å²) in [5.41, 5.74) is 0.705. The molecule has 0 radical (unpaired) electrons. The average Bonchev–Trinajstić information content (AvgIpc) is 3.61. The van der Waals surface area contributed by atoms with Crippen molar-refractivity contribution in [2.45, 2.75) is 71.1 Å². The van der Waals surface area contributed by atoms with Crippen molar-refractivity contribution in [3.05, 3.63) is 29.8 Å². The van der Waals surface area contributed by atoms with Crippen molar-refractivity contribution >= 4 is 29.2 Å². The molecule has 2 aliphatic rings. The van der Waals surface area contributed by atoms with Crippen molar-refractivity contribution in [1.82, 2.24) is 30.4 Å². The summed E-state index contributed by atoms with van der Waals surface area (Å²) in [6, 6.07) is 1.26. The maximum Gasteiger partial charge on any atom is 0.393 e. The molecular formula is C27H37F3N8O3. The van der Waals surface area contributed by atoms with Gasteiger partial charge in [-0.15, -0.1) is 0 Å². The molecule has 3 heterocycles. The van der Waals surface area contributed by atoms with Crippen molar-refractivity contribution in [2.75, 3.05) is 13.2 Å². The van der Waals surface area contributed by atoms with Gasteiger partial charge in [-0.05, 0) is 44.1 Å². The van der Waals surface area contributed by atoms with Crippen molar-refractivity contribution in [2.24, 2.45) is 28.7 Å². The molecular weight excluding hydrogens is 541 g/mol. The second-order valence-corrected chi connectivity index (χ2v) is 11.0. The molecule has 14 heteroatoms. The van der Waals surface area contributed by atoms with Crippen LogP contribution in [-0.2, 0) is 11.3 Å². The number of hydrogen-bond acceptors (Lipinski definition) is 7. The van der Waals surface area contributed by atoms with Crippen LogP contribution in [0.5, 0.6) is 0 Å². The molecule has 3 atom stereocenters. The highest BCUT2D eigenvalue weighted by Crippen LogP contribution is 2.37. The SMILES string of the molecule is CCn1nccc1C(=O)N[C@H](c1cnc(/N=C(/CO)C(=N)C[C@H]2C[C@@H](C(F)(F)F)CNC2=O)[nH]1)C1CCC(C)CC1. The molecule has 2 aromatic heterocycles. The van der Waals surface area contributed by atoms with E-state index < -0.39 is 49.5 Å². The van der Waals surface area contributed by atoms with Gasteiger partial charge in [0.1, 0.15) is 5.69 Å². The topological polar surface area (TPSA) is 161 Å². The molecule has 0 spiro atoms. The Morgan fingerprint density at radius 1 is 1.32 bits per heavy atom. The van der Waals surface area contributed by atoms with Gasteiger partial charge in [0.15, 0.2) is 0 Å². The lowest BCUT2D eigenvalue weighted by Gasteiger charge is -2.32. The number of aliphatic hydroxyl groups excluding tert-OH is 1. The Morgan fingerprint density at radius 2 is 2.05 bits per heavy atom. The first-order valence-corrected chi connectivity index (χ1v) is 14.0. The Balaban J connectivity index is 1.51. The molecule has 11 nitrogen and oxygen atoms in total. The van der Waals surface area contributed by atoms with Gasteiger partial charge in [0.25, 0.3) is 5.91 Å². The number of alkyl halides is 3. The number of imidazole rings is 1. The highest BCUT2D eigenvalue weighted by Gasteiger charge is 2.45. The highest BCUT2D eigenvalue weighted by molar-refractivity contribution is 6.42. The minimum absolute atomic E-state index is 0.0806. The number of carbonyl (C=O) groups excluding carboxylic acids is 2. The van der Waals surface area contributed by atoms with Crippen LogP contribution in [0.15, 0.2) is 23.5 Å². The van der Waals surface area contributed by atoms with E-state index in [9.17, 15) is 27.9 Å².